The van der Waals surface area contributed by atoms with Crippen molar-refractivity contribution < 1.29 is 47.2 Å². The zero-order valence-electron chi connectivity index (χ0n) is 37.8. The van der Waals surface area contributed by atoms with E-state index in [1.165, 1.54) is 77.0 Å². The first kappa shape index (κ1) is 56.4. The monoisotopic (exact) mass is 850 g/mol. The van der Waals surface area contributed by atoms with E-state index in [1.54, 1.807) is 12.2 Å². The second kappa shape index (κ2) is 39.5. The van der Waals surface area contributed by atoms with E-state index in [0.717, 1.165) is 32.1 Å². The third-order valence-electron chi connectivity index (χ3n) is 9.30. The number of quaternary nitrogens is 1. The summed E-state index contributed by atoms with van der Waals surface area (Å²) in [5, 5.41) is 10.3. The standard InChI is InChI=1S/C48H84NO9P/c1-6-8-10-12-14-16-18-20-21-22-23-25-27-29-31-33-35-39-48(52)58-46(44-57-59(53,54)56-42-41-49(3,4)5)43-55-47(51)40-36-38-45(50)37-34-32-30-28-26-24-19-17-15-13-11-9-7-2/h20-21,23-26,29-32,34,37,45-46,50H,6-19,22,27-28,33,35-36,38-44H2,1-5H3/b21-20-,25-23-,26-24+,31-29-,32-30+,37-34+/t45?,46-/m1/s1. The van der Waals surface area contributed by atoms with Gasteiger partial charge < -0.3 is 33.0 Å². The van der Waals surface area contributed by atoms with E-state index in [0.29, 0.717) is 36.7 Å². The van der Waals surface area contributed by atoms with E-state index >= 15 is 0 Å². The van der Waals surface area contributed by atoms with Gasteiger partial charge in [0.2, 0.25) is 0 Å². The number of esters is 2. The minimum absolute atomic E-state index is 0.0390. The van der Waals surface area contributed by atoms with Gasteiger partial charge in [0.05, 0.1) is 33.9 Å². The van der Waals surface area contributed by atoms with Crippen LogP contribution in [0, 0.1) is 0 Å². The second-order valence-electron chi connectivity index (χ2n) is 16.3. The molecule has 0 heterocycles. The summed E-state index contributed by atoms with van der Waals surface area (Å²) in [6, 6.07) is 0. The van der Waals surface area contributed by atoms with Gasteiger partial charge in [0.15, 0.2) is 6.10 Å². The average molecular weight is 850 g/mol. The van der Waals surface area contributed by atoms with Crippen LogP contribution >= 0.6 is 7.82 Å². The normalized spacial score (nSPS) is 14.8. The van der Waals surface area contributed by atoms with Gasteiger partial charge >= 0.3 is 11.9 Å². The number of aliphatic hydroxyl groups is 1. The predicted octanol–water partition coefficient (Wildman–Crippen LogP) is 11.4. The molecule has 0 saturated heterocycles. The minimum atomic E-state index is -4.69. The summed E-state index contributed by atoms with van der Waals surface area (Å²) in [4.78, 5) is 37.5. The van der Waals surface area contributed by atoms with Gasteiger partial charge in [0.1, 0.15) is 19.8 Å². The summed E-state index contributed by atoms with van der Waals surface area (Å²) >= 11 is 0. The first-order chi connectivity index (χ1) is 28.4. The van der Waals surface area contributed by atoms with Gasteiger partial charge in [-0.25, -0.2) is 0 Å². The van der Waals surface area contributed by atoms with E-state index < -0.39 is 38.6 Å². The number of nitrogens with zero attached hydrogens (tertiary/aromatic N) is 1. The smallest absolute Gasteiger partial charge is 0.306 e. The number of rotatable bonds is 40. The summed E-state index contributed by atoms with van der Waals surface area (Å²) in [5.41, 5.74) is 0. The molecular weight excluding hydrogens is 766 g/mol. The number of likely N-dealkylation sites (N-methyl/N-ethyl adjacent to an activating group) is 1. The number of hydrogen-bond donors (Lipinski definition) is 1. The predicted molar refractivity (Wildman–Crippen MR) is 242 cm³/mol. The van der Waals surface area contributed by atoms with Gasteiger partial charge in [-0.1, -0.05) is 151 Å². The van der Waals surface area contributed by atoms with Crippen LogP contribution < -0.4 is 4.89 Å². The number of allylic oxidation sites excluding steroid dienone is 11. The molecule has 0 aliphatic heterocycles. The molecule has 0 aromatic rings. The molecule has 59 heavy (non-hydrogen) atoms. The summed E-state index contributed by atoms with van der Waals surface area (Å²) in [6.07, 6.45) is 45.4. The van der Waals surface area contributed by atoms with Crippen molar-refractivity contribution >= 4 is 19.8 Å². The molecule has 0 radical (unpaired) electrons. The van der Waals surface area contributed by atoms with Crippen molar-refractivity contribution in [1.82, 2.24) is 0 Å². The largest absolute Gasteiger partial charge is 0.756 e. The van der Waals surface area contributed by atoms with Crippen LogP contribution in [0.15, 0.2) is 72.9 Å². The molecule has 340 valence electrons. The van der Waals surface area contributed by atoms with Crippen molar-refractivity contribution in [3.63, 3.8) is 0 Å². The Kier molecular flexibility index (Phi) is 37.8. The fraction of sp³-hybridized carbons (Fsp3) is 0.708. The zero-order valence-corrected chi connectivity index (χ0v) is 38.7. The Morgan fingerprint density at radius 2 is 1.14 bits per heavy atom. The van der Waals surface area contributed by atoms with Crippen LogP contribution in [-0.2, 0) is 32.7 Å². The third kappa shape index (κ3) is 43.3. The lowest BCUT2D eigenvalue weighted by Gasteiger charge is -2.28. The van der Waals surface area contributed by atoms with Gasteiger partial charge in [-0.2, -0.15) is 0 Å². The maximum atomic E-state index is 12.7. The molecule has 0 fully saturated rings. The number of carbonyl (C=O) groups is 2. The Morgan fingerprint density at radius 1 is 0.627 bits per heavy atom. The maximum Gasteiger partial charge on any atom is 0.306 e. The van der Waals surface area contributed by atoms with Crippen molar-refractivity contribution in [1.29, 1.82) is 0 Å². The summed E-state index contributed by atoms with van der Waals surface area (Å²) in [7, 11) is 1.03. The number of aliphatic hydroxyl groups excluding tert-OH is 1. The van der Waals surface area contributed by atoms with Gasteiger partial charge in [-0.05, 0) is 70.6 Å². The number of phosphoric ester groups is 1. The van der Waals surface area contributed by atoms with Gasteiger partial charge in [0, 0.05) is 12.8 Å². The molecule has 0 aromatic carbocycles. The molecule has 0 amide bonds. The van der Waals surface area contributed by atoms with Crippen molar-refractivity contribution in [2.45, 2.75) is 174 Å². The Labute approximate surface area is 360 Å². The van der Waals surface area contributed by atoms with E-state index in [-0.39, 0.29) is 26.1 Å². The Hall–Kier alpha value is -2.59. The van der Waals surface area contributed by atoms with E-state index in [4.69, 9.17) is 18.5 Å². The lowest BCUT2D eigenvalue weighted by Crippen LogP contribution is -2.37. The number of ether oxygens (including phenoxy) is 2. The minimum Gasteiger partial charge on any atom is -0.756 e. The van der Waals surface area contributed by atoms with E-state index in [1.807, 2.05) is 39.4 Å². The van der Waals surface area contributed by atoms with Crippen molar-refractivity contribution in [3.8, 4) is 0 Å². The molecule has 0 aliphatic carbocycles. The highest BCUT2D eigenvalue weighted by atomic mass is 31.2. The summed E-state index contributed by atoms with van der Waals surface area (Å²) < 4.78 is 33.7. The average Bonchev–Trinajstić information content (AvgIpc) is 3.18. The highest BCUT2D eigenvalue weighted by Crippen LogP contribution is 2.38. The maximum absolute atomic E-state index is 12.7. The highest BCUT2D eigenvalue weighted by molar-refractivity contribution is 7.45. The Bertz CT molecular complexity index is 1250. The third-order valence-corrected chi connectivity index (χ3v) is 10.3. The lowest BCUT2D eigenvalue weighted by molar-refractivity contribution is -0.870. The molecule has 2 unspecified atom stereocenters. The van der Waals surface area contributed by atoms with Crippen molar-refractivity contribution in [3.05, 3.63) is 72.9 Å². The van der Waals surface area contributed by atoms with E-state index in [9.17, 15) is 24.2 Å². The van der Waals surface area contributed by atoms with E-state index in [2.05, 4.69) is 56.4 Å². The van der Waals surface area contributed by atoms with Crippen molar-refractivity contribution in [2.24, 2.45) is 0 Å². The zero-order chi connectivity index (χ0) is 43.7. The van der Waals surface area contributed by atoms with Gasteiger partial charge in [-0.15, -0.1) is 0 Å². The summed E-state index contributed by atoms with van der Waals surface area (Å²) in [5.74, 6) is -1.10. The molecule has 3 atom stereocenters. The number of unbranched alkanes of at least 4 members (excludes halogenated alkanes) is 13. The number of phosphoric acid groups is 1. The first-order valence-electron chi connectivity index (χ1n) is 22.8. The van der Waals surface area contributed by atoms with Crippen LogP contribution in [-0.4, -0.2) is 81.2 Å². The molecule has 0 bridgehead atoms. The van der Waals surface area contributed by atoms with Crippen LogP contribution in [0.4, 0.5) is 0 Å². The van der Waals surface area contributed by atoms with Crippen LogP contribution in [0.2, 0.25) is 0 Å². The van der Waals surface area contributed by atoms with Crippen LogP contribution in [0.25, 0.3) is 0 Å². The second-order valence-corrected chi connectivity index (χ2v) is 17.7. The summed E-state index contributed by atoms with van der Waals surface area (Å²) in [6.45, 7) is 3.92. The molecular formula is C48H84NO9P. The molecule has 1 N–H and O–H groups in total. The Balaban J connectivity index is 4.62. The van der Waals surface area contributed by atoms with Gasteiger partial charge in [0.25, 0.3) is 7.82 Å². The molecule has 0 aliphatic rings. The topological polar surface area (TPSA) is 131 Å². The molecule has 10 nitrogen and oxygen atoms in total. The molecule has 11 heteroatoms. The number of carbonyl (C=O) groups excluding carboxylic acids is 2. The van der Waals surface area contributed by atoms with Gasteiger partial charge in [-0.3, -0.25) is 14.2 Å². The van der Waals surface area contributed by atoms with Crippen LogP contribution in [0.3, 0.4) is 0 Å². The Morgan fingerprint density at radius 3 is 1.71 bits per heavy atom. The fourth-order valence-corrected chi connectivity index (χ4v) is 6.41. The number of hydrogen-bond acceptors (Lipinski definition) is 9. The molecule has 0 rings (SSSR count). The first-order valence-corrected chi connectivity index (χ1v) is 24.2. The lowest BCUT2D eigenvalue weighted by atomic mass is 10.1. The quantitative estimate of drug-likeness (QED) is 0.0160. The molecule has 0 spiro atoms. The van der Waals surface area contributed by atoms with Crippen molar-refractivity contribution in [2.75, 3.05) is 47.5 Å². The SMILES string of the molecule is CCCCCCCC/C=C\C/C=C\C/C=C\CCCC(=O)O[C@H](COC(=O)CCCC(O)/C=C/C=C/C/C=C/CCCCCCCC)COP(=O)([O-])OCC[N+](C)(C)C. The highest BCUT2D eigenvalue weighted by Gasteiger charge is 2.21. The fourth-order valence-electron chi connectivity index (χ4n) is 5.68. The molecule has 0 saturated carbocycles. The molecule has 0 aromatic heterocycles. The van der Waals surface area contributed by atoms with Crippen LogP contribution in [0.1, 0.15) is 162 Å². The van der Waals surface area contributed by atoms with Crippen LogP contribution in [0.5, 0.6) is 0 Å².